The molecule has 0 bridgehead atoms. The van der Waals surface area contributed by atoms with E-state index in [-0.39, 0.29) is 17.5 Å². The zero-order chi connectivity index (χ0) is 17.8. The van der Waals surface area contributed by atoms with E-state index < -0.39 is 0 Å². The average Bonchev–Trinajstić information content (AvgIpc) is 3.10. The van der Waals surface area contributed by atoms with Crippen molar-refractivity contribution in [1.82, 2.24) is 9.47 Å². The molecule has 2 aromatic rings. The summed E-state index contributed by atoms with van der Waals surface area (Å²) in [6.45, 7) is 5.45. The molecule has 5 heteroatoms. The average molecular weight is 342 g/mol. The standard InChI is InChI=1S/C20H26N2O3/c1-3-16-7-8-18(25-16)17-14-15(2)9-13-22(17)20(24)10-12-21-11-5-4-6-19(21)23/h4-8,11,15,17H,3,9-10,12-14H2,1-2H3/t15-,17-/m0/s1. The molecule has 0 unspecified atom stereocenters. The van der Waals surface area contributed by atoms with Gasteiger partial charge in [0.15, 0.2) is 0 Å². The zero-order valence-corrected chi connectivity index (χ0v) is 15.0. The number of piperidine rings is 1. The van der Waals surface area contributed by atoms with Gasteiger partial charge in [-0.05, 0) is 37.0 Å². The van der Waals surface area contributed by atoms with Gasteiger partial charge < -0.3 is 13.9 Å². The highest BCUT2D eigenvalue weighted by molar-refractivity contribution is 5.76. The molecule has 3 rings (SSSR count). The molecule has 1 aliphatic rings. The Labute approximate surface area is 148 Å². The van der Waals surface area contributed by atoms with Crippen molar-refractivity contribution in [2.75, 3.05) is 6.54 Å². The van der Waals surface area contributed by atoms with Gasteiger partial charge in [-0.1, -0.05) is 19.9 Å². The van der Waals surface area contributed by atoms with Crippen LogP contribution in [0.4, 0.5) is 0 Å². The van der Waals surface area contributed by atoms with E-state index in [0.717, 1.165) is 37.3 Å². The van der Waals surface area contributed by atoms with E-state index in [9.17, 15) is 9.59 Å². The fourth-order valence-corrected chi connectivity index (χ4v) is 3.48. The molecule has 0 spiro atoms. The minimum absolute atomic E-state index is 0.00375. The van der Waals surface area contributed by atoms with Crippen LogP contribution >= 0.6 is 0 Å². The van der Waals surface area contributed by atoms with Crippen LogP contribution in [-0.4, -0.2) is 21.9 Å². The minimum Gasteiger partial charge on any atom is -0.464 e. The summed E-state index contributed by atoms with van der Waals surface area (Å²) < 4.78 is 7.52. The van der Waals surface area contributed by atoms with E-state index in [1.165, 1.54) is 6.07 Å². The fourth-order valence-electron chi connectivity index (χ4n) is 3.48. The molecule has 0 aliphatic carbocycles. The topological polar surface area (TPSA) is 55.5 Å². The molecule has 134 valence electrons. The second-order valence-electron chi connectivity index (χ2n) is 6.87. The van der Waals surface area contributed by atoms with E-state index in [2.05, 4.69) is 13.8 Å². The maximum absolute atomic E-state index is 12.8. The summed E-state index contributed by atoms with van der Waals surface area (Å²) in [5.74, 6) is 2.49. The number of furan rings is 1. The van der Waals surface area contributed by atoms with Crippen LogP contribution in [0, 0.1) is 5.92 Å². The Bertz CT molecular complexity index is 777. The van der Waals surface area contributed by atoms with Crippen molar-refractivity contribution in [3.05, 3.63) is 58.4 Å². The molecular weight excluding hydrogens is 316 g/mol. The van der Waals surface area contributed by atoms with Crippen molar-refractivity contribution in [2.24, 2.45) is 5.92 Å². The molecule has 2 aromatic heterocycles. The van der Waals surface area contributed by atoms with Gasteiger partial charge in [-0.2, -0.15) is 0 Å². The van der Waals surface area contributed by atoms with Gasteiger partial charge in [0.1, 0.15) is 11.5 Å². The summed E-state index contributed by atoms with van der Waals surface area (Å²) in [6, 6.07) is 9.05. The Morgan fingerprint density at radius 3 is 2.84 bits per heavy atom. The van der Waals surface area contributed by atoms with Gasteiger partial charge in [0, 0.05) is 38.2 Å². The number of pyridine rings is 1. The highest BCUT2D eigenvalue weighted by Crippen LogP contribution is 2.35. The maximum atomic E-state index is 12.8. The Kier molecular flexibility index (Phi) is 5.41. The molecule has 1 amide bonds. The lowest BCUT2D eigenvalue weighted by molar-refractivity contribution is -0.136. The van der Waals surface area contributed by atoms with Crippen molar-refractivity contribution in [1.29, 1.82) is 0 Å². The number of rotatable bonds is 5. The first kappa shape index (κ1) is 17.5. The predicted molar refractivity (Wildman–Crippen MR) is 96.3 cm³/mol. The smallest absolute Gasteiger partial charge is 0.250 e. The third kappa shape index (κ3) is 4.03. The van der Waals surface area contributed by atoms with Crippen molar-refractivity contribution < 1.29 is 9.21 Å². The van der Waals surface area contributed by atoms with Gasteiger partial charge >= 0.3 is 0 Å². The molecule has 5 nitrogen and oxygen atoms in total. The molecule has 1 fully saturated rings. The molecule has 0 saturated carbocycles. The molecule has 0 aromatic carbocycles. The van der Waals surface area contributed by atoms with Gasteiger partial charge in [-0.3, -0.25) is 9.59 Å². The summed E-state index contributed by atoms with van der Waals surface area (Å²) >= 11 is 0. The van der Waals surface area contributed by atoms with Crippen LogP contribution in [-0.2, 0) is 17.8 Å². The third-order valence-corrected chi connectivity index (χ3v) is 5.01. The lowest BCUT2D eigenvalue weighted by Gasteiger charge is -2.37. The Balaban J connectivity index is 1.72. The molecule has 2 atom stereocenters. The fraction of sp³-hybridized carbons (Fsp3) is 0.500. The molecule has 3 heterocycles. The van der Waals surface area contributed by atoms with Crippen LogP contribution in [0.5, 0.6) is 0 Å². The van der Waals surface area contributed by atoms with Crippen LogP contribution in [0.3, 0.4) is 0 Å². The number of hydrogen-bond acceptors (Lipinski definition) is 3. The van der Waals surface area contributed by atoms with E-state index in [1.54, 1.807) is 16.8 Å². The number of carbonyl (C=O) groups is 1. The molecular formula is C20H26N2O3. The summed E-state index contributed by atoms with van der Waals surface area (Å²) in [5, 5.41) is 0. The van der Waals surface area contributed by atoms with Crippen molar-refractivity contribution in [3.63, 3.8) is 0 Å². The van der Waals surface area contributed by atoms with Crippen LogP contribution in [0.1, 0.15) is 50.7 Å². The third-order valence-electron chi connectivity index (χ3n) is 5.01. The van der Waals surface area contributed by atoms with Crippen LogP contribution in [0.15, 0.2) is 45.7 Å². The first-order valence-corrected chi connectivity index (χ1v) is 9.12. The highest BCUT2D eigenvalue weighted by atomic mass is 16.3. The normalized spacial score (nSPS) is 20.6. The first-order chi connectivity index (χ1) is 12.1. The lowest BCUT2D eigenvalue weighted by atomic mass is 9.91. The summed E-state index contributed by atoms with van der Waals surface area (Å²) in [5.41, 5.74) is -0.0715. The Hall–Kier alpha value is -2.30. The highest BCUT2D eigenvalue weighted by Gasteiger charge is 2.32. The minimum atomic E-state index is -0.0715. The second-order valence-corrected chi connectivity index (χ2v) is 6.87. The second kappa shape index (κ2) is 7.72. The number of carbonyl (C=O) groups excluding carboxylic acids is 1. The zero-order valence-electron chi connectivity index (χ0n) is 15.0. The van der Waals surface area contributed by atoms with Gasteiger partial charge in [0.05, 0.1) is 6.04 Å². The Morgan fingerprint density at radius 1 is 1.28 bits per heavy atom. The maximum Gasteiger partial charge on any atom is 0.250 e. The van der Waals surface area contributed by atoms with E-state index in [4.69, 9.17) is 4.42 Å². The van der Waals surface area contributed by atoms with Crippen LogP contribution < -0.4 is 5.56 Å². The number of nitrogens with zero attached hydrogens (tertiary/aromatic N) is 2. The number of aryl methyl sites for hydroxylation is 2. The Morgan fingerprint density at radius 2 is 2.12 bits per heavy atom. The monoisotopic (exact) mass is 342 g/mol. The summed E-state index contributed by atoms with van der Waals surface area (Å²) in [7, 11) is 0. The van der Waals surface area contributed by atoms with Crippen molar-refractivity contribution in [2.45, 2.75) is 52.1 Å². The van der Waals surface area contributed by atoms with E-state index in [1.807, 2.05) is 23.1 Å². The van der Waals surface area contributed by atoms with Gasteiger partial charge in [-0.25, -0.2) is 0 Å². The van der Waals surface area contributed by atoms with Crippen molar-refractivity contribution in [3.8, 4) is 0 Å². The van der Waals surface area contributed by atoms with Crippen molar-refractivity contribution >= 4 is 5.91 Å². The summed E-state index contributed by atoms with van der Waals surface area (Å²) in [6.07, 6.45) is 4.84. The largest absolute Gasteiger partial charge is 0.464 e. The lowest BCUT2D eigenvalue weighted by Crippen LogP contribution is -2.41. The molecule has 1 saturated heterocycles. The number of amides is 1. The number of aromatic nitrogens is 1. The van der Waals surface area contributed by atoms with E-state index >= 15 is 0 Å². The van der Waals surface area contributed by atoms with Gasteiger partial charge in [-0.15, -0.1) is 0 Å². The molecule has 25 heavy (non-hydrogen) atoms. The quantitative estimate of drug-likeness (QED) is 0.837. The number of likely N-dealkylation sites (tertiary alicyclic amines) is 1. The molecule has 0 N–H and O–H groups in total. The van der Waals surface area contributed by atoms with E-state index in [0.29, 0.717) is 18.9 Å². The van der Waals surface area contributed by atoms with Gasteiger partial charge in [0.2, 0.25) is 5.91 Å². The van der Waals surface area contributed by atoms with Crippen LogP contribution in [0.25, 0.3) is 0 Å². The molecule has 1 aliphatic heterocycles. The first-order valence-electron chi connectivity index (χ1n) is 9.12. The predicted octanol–water partition coefficient (Wildman–Crippen LogP) is 3.39. The van der Waals surface area contributed by atoms with Gasteiger partial charge in [0.25, 0.3) is 5.56 Å². The number of hydrogen-bond donors (Lipinski definition) is 0. The van der Waals surface area contributed by atoms with Crippen LogP contribution in [0.2, 0.25) is 0 Å². The molecule has 0 radical (unpaired) electrons. The summed E-state index contributed by atoms with van der Waals surface area (Å²) in [4.78, 5) is 26.6. The SMILES string of the molecule is CCc1ccc([C@@H]2C[C@@H](C)CCN2C(=O)CCn2ccccc2=O)o1.